The Kier molecular flexibility index (Phi) is 4.15. The van der Waals surface area contributed by atoms with Crippen LogP contribution >= 0.6 is 0 Å². The van der Waals surface area contributed by atoms with Crippen LogP contribution in [-0.4, -0.2) is 11.8 Å². The Labute approximate surface area is 100 Å². The number of Topliss-reactive ketones (excluding diaryl/α,β-unsaturated/α-hetero) is 1. The van der Waals surface area contributed by atoms with Crippen molar-refractivity contribution in [1.29, 1.82) is 0 Å². The Balaban J connectivity index is 3.26. The van der Waals surface area contributed by atoms with E-state index in [0.717, 1.165) is 5.57 Å². The van der Waals surface area contributed by atoms with E-state index in [1.165, 1.54) is 6.92 Å². The van der Waals surface area contributed by atoms with Gasteiger partial charge in [0.2, 0.25) is 5.78 Å². The number of hydrogen-bond donors (Lipinski definition) is 0. The lowest BCUT2D eigenvalue weighted by Crippen LogP contribution is -2.42. The van der Waals surface area contributed by atoms with Gasteiger partial charge in [0, 0.05) is 30.9 Å². The van der Waals surface area contributed by atoms with Gasteiger partial charge in [-0.1, -0.05) is 6.58 Å². The predicted molar refractivity (Wildman–Crippen MR) is 60.2 cm³/mol. The molecule has 0 unspecified atom stereocenters. The van der Waals surface area contributed by atoms with E-state index in [0.29, 0.717) is 17.8 Å². The number of carbonyl (C=O) groups excluding carboxylic acids is 2. The fourth-order valence-electron chi connectivity index (χ4n) is 1.75. The van der Waals surface area contributed by atoms with Crippen LogP contribution in [0, 0.1) is 0 Å². The lowest BCUT2D eigenvalue weighted by molar-refractivity contribution is -0.691. The quantitative estimate of drug-likeness (QED) is 0.410. The summed E-state index contributed by atoms with van der Waals surface area (Å²) in [5, 5.41) is 10.6. The van der Waals surface area contributed by atoms with Crippen molar-refractivity contribution < 1.29 is 19.3 Å². The lowest BCUT2D eigenvalue weighted by atomic mass is 10.1. The van der Waals surface area contributed by atoms with Crippen LogP contribution in [0.25, 0.3) is 0 Å². The summed E-state index contributed by atoms with van der Waals surface area (Å²) in [5.41, 5.74) is 1.77. The number of carboxylic acids is 1. The Hall–Kier alpha value is -1.97. The third-order valence-electron chi connectivity index (χ3n) is 2.26. The third kappa shape index (κ3) is 3.52. The van der Waals surface area contributed by atoms with Gasteiger partial charge in [-0.3, -0.25) is 4.79 Å². The number of hydrogen-bond acceptors (Lipinski definition) is 3. The van der Waals surface area contributed by atoms with Gasteiger partial charge in [0.15, 0.2) is 12.7 Å². The summed E-state index contributed by atoms with van der Waals surface area (Å²) in [6.07, 6.45) is 1.48. The average molecular weight is 233 g/mol. The molecule has 17 heavy (non-hydrogen) atoms. The highest BCUT2D eigenvalue weighted by molar-refractivity contribution is 5.93. The number of carbonyl (C=O) groups is 2. The zero-order chi connectivity index (χ0) is 13.0. The molecule has 0 fully saturated rings. The van der Waals surface area contributed by atoms with Gasteiger partial charge in [-0.15, -0.1) is 0 Å². The van der Waals surface area contributed by atoms with Crippen molar-refractivity contribution in [3.05, 3.63) is 41.7 Å². The van der Waals surface area contributed by atoms with E-state index >= 15 is 0 Å². The summed E-state index contributed by atoms with van der Waals surface area (Å²) in [7, 11) is 0. The van der Waals surface area contributed by atoms with Crippen molar-refractivity contribution >= 4 is 11.8 Å². The predicted octanol–water partition coefficient (Wildman–Crippen LogP) is 0.0452. The number of allylic oxidation sites excluding steroid dienone is 1. The zero-order valence-corrected chi connectivity index (χ0v) is 10.0. The molecule has 0 N–H and O–H groups in total. The first kappa shape index (κ1) is 13.1. The van der Waals surface area contributed by atoms with Gasteiger partial charge in [-0.2, -0.15) is 4.57 Å². The van der Waals surface area contributed by atoms with E-state index in [-0.39, 0.29) is 12.2 Å². The van der Waals surface area contributed by atoms with Gasteiger partial charge < -0.3 is 9.90 Å². The number of nitrogens with zero attached hydrogens (tertiary/aromatic N) is 1. The molecule has 1 aromatic rings. The summed E-state index contributed by atoms with van der Waals surface area (Å²) in [6, 6.07) is 3.34. The fraction of sp³-hybridized carbons (Fsp3) is 0.308. The maximum atomic E-state index is 11.6. The van der Waals surface area contributed by atoms with Gasteiger partial charge in [-0.05, 0) is 18.6 Å². The highest BCUT2D eigenvalue weighted by Gasteiger charge is 2.20. The summed E-state index contributed by atoms with van der Waals surface area (Å²) in [6.45, 7) is 7.55. The molecular weight excluding hydrogens is 218 g/mol. The lowest BCUT2D eigenvalue weighted by Gasteiger charge is -2.07. The van der Waals surface area contributed by atoms with Crippen molar-refractivity contribution in [3.63, 3.8) is 0 Å². The highest BCUT2D eigenvalue weighted by atomic mass is 16.4. The summed E-state index contributed by atoms with van der Waals surface area (Å²) in [5.74, 6) is -1.36. The summed E-state index contributed by atoms with van der Waals surface area (Å²) in [4.78, 5) is 22.2. The second-order valence-corrected chi connectivity index (χ2v) is 4.07. The monoisotopic (exact) mass is 233 g/mol. The van der Waals surface area contributed by atoms with Crippen LogP contribution in [0.15, 0.2) is 30.5 Å². The minimum absolute atomic E-state index is 0.164. The minimum Gasteiger partial charge on any atom is -0.550 e. The normalized spacial score (nSPS) is 10.0. The molecule has 0 saturated carbocycles. The van der Waals surface area contributed by atoms with Crippen LogP contribution in [0.2, 0.25) is 0 Å². The van der Waals surface area contributed by atoms with Gasteiger partial charge in [-0.25, -0.2) is 0 Å². The number of carboxylic acid groups (broad SMARTS) is 1. The van der Waals surface area contributed by atoms with Gasteiger partial charge in [0.1, 0.15) is 0 Å². The second-order valence-electron chi connectivity index (χ2n) is 4.07. The summed E-state index contributed by atoms with van der Waals surface area (Å²) < 4.78 is 1.71. The summed E-state index contributed by atoms with van der Waals surface area (Å²) >= 11 is 0. The number of aliphatic carboxylic acids is 1. The highest BCUT2D eigenvalue weighted by Crippen LogP contribution is 2.06. The van der Waals surface area contributed by atoms with Crippen molar-refractivity contribution in [2.24, 2.45) is 0 Å². The molecule has 0 amide bonds. The topological polar surface area (TPSA) is 61.1 Å². The molecule has 0 aliphatic heterocycles. The number of rotatable bonds is 5. The molecule has 90 valence electrons. The molecule has 0 spiro atoms. The van der Waals surface area contributed by atoms with Crippen LogP contribution < -0.4 is 9.67 Å². The molecule has 4 nitrogen and oxygen atoms in total. The SMILES string of the molecule is C=C(C)C[n+]1cccc(CC(=O)[O-])c1C(C)=O. The van der Waals surface area contributed by atoms with Gasteiger partial charge in [0.05, 0.1) is 0 Å². The molecule has 0 bridgehead atoms. The van der Waals surface area contributed by atoms with E-state index in [9.17, 15) is 14.7 Å². The van der Waals surface area contributed by atoms with E-state index in [2.05, 4.69) is 6.58 Å². The van der Waals surface area contributed by atoms with Crippen LogP contribution in [0.1, 0.15) is 29.9 Å². The van der Waals surface area contributed by atoms with Gasteiger partial charge in [0.25, 0.3) is 5.69 Å². The first-order chi connectivity index (χ1) is 7.91. The standard InChI is InChI=1S/C13H15NO3/c1-9(2)8-14-6-4-5-11(7-12(16)17)13(14)10(3)15/h4-6H,1,7-8H2,2-3H3. The largest absolute Gasteiger partial charge is 0.550 e. The molecule has 0 atom stereocenters. The second kappa shape index (κ2) is 5.39. The molecule has 0 aromatic carbocycles. The van der Waals surface area contributed by atoms with Crippen molar-refractivity contribution in [2.75, 3.05) is 0 Å². The van der Waals surface area contributed by atoms with Crippen molar-refractivity contribution in [3.8, 4) is 0 Å². The molecule has 0 aliphatic rings. The number of aromatic nitrogens is 1. The minimum atomic E-state index is -1.19. The van der Waals surface area contributed by atoms with Crippen LogP contribution in [0.4, 0.5) is 0 Å². The van der Waals surface area contributed by atoms with Crippen LogP contribution in [0.5, 0.6) is 0 Å². The average Bonchev–Trinajstić information content (AvgIpc) is 2.14. The smallest absolute Gasteiger partial charge is 0.252 e. The Morgan fingerprint density at radius 1 is 1.41 bits per heavy atom. The number of pyridine rings is 1. The van der Waals surface area contributed by atoms with Crippen LogP contribution in [-0.2, 0) is 17.8 Å². The Morgan fingerprint density at radius 2 is 2.06 bits per heavy atom. The first-order valence-electron chi connectivity index (χ1n) is 5.28. The van der Waals surface area contributed by atoms with E-state index in [4.69, 9.17) is 0 Å². The maximum Gasteiger partial charge on any atom is 0.252 e. The molecule has 1 aromatic heterocycles. The molecule has 4 heteroatoms. The Morgan fingerprint density at radius 3 is 2.53 bits per heavy atom. The van der Waals surface area contributed by atoms with E-state index < -0.39 is 5.97 Å². The first-order valence-corrected chi connectivity index (χ1v) is 5.28. The Bertz CT molecular complexity index is 443. The van der Waals surface area contributed by atoms with Crippen LogP contribution in [0.3, 0.4) is 0 Å². The number of ketones is 1. The molecule has 0 radical (unpaired) electrons. The van der Waals surface area contributed by atoms with E-state index in [1.54, 1.807) is 22.9 Å². The molecule has 0 saturated heterocycles. The molecular formula is C13H15NO3. The molecule has 0 aliphatic carbocycles. The third-order valence-corrected chi connectivity index (χ3v) is 2.26. The molecule has 1 heterocycles. The van der Waals surface area contributed by atoms with Gasteiger partial charge >= 0.3 is 0 Å². The fourth-order valence-corrected chi connectivity index (χ4v) is 1.75. The maximum absolute atomic E-state index is 11.6. The van der Waals surface area contributed by atoms with E-state index in [1.807, 2.05) is 6.92 Å². The van der Waals surface area contributed by atoms with Crippen molar-refractivity contribution in [2.45, 2.75) is 26.8 Å². The molecule has 1 rings (SSSR count). The zero-order valence-electron chi connectivity index (χ0n) is 10.0. The van der Waals surface area contributed by atoms with Crippen molar-refractivity contribution in [1.82, 2.24) is 0 Å².